The minimum Gasteiger partial charge on any atom is -0.366 e. The zero-order valence-corrected chi connectivity index (χ0v) is 13.7. The van der Waals surface area contributed by atoms with Crippen molar-refractivity contribution >= 4 is 22.4 Å². The van der Waals surface area contributed by atoms with Crippen LogP contribution in [-0.2, 0) is 6.42 Å². The van der Waals surface area contributed by atoms with Gasteiger partial charge in [0, 0.05) is 13.1 Å². The van der Waals surface area contributed by atoms with E-state index in [1.54, 1.807) is 12.1 Å². The molecule has 0 aliphatic carbocycles. The third kappa shape index (κ3) is 3.05. The highest BCUT2D eigenvalue weighted by Crippen LogP contribution is 2.36. The minimum atomic E-state index is -0.391. The maximum atomic E-state index is 11.6. The van der Waals surface area contributed by atoms with Crippen LogP contribution >= 0.6 is 0 Å². The molecular formula is C18H18N4O3. The Bertz CT molecular complexity index is 886. The lowest BCUT2D eigenvalue weighted by atomic mass is 9.90. The van der Waals surface area contributed by atoms with Gasteiger partial charge in [0.1, 0.15) is 11.2 Å². The van der Waals surface area contributed by atoms with E-state index >= 15 is 0 Å². The molecule has 7 heteroatoms. The van der Waals surface area contributed by atoms with Gasteiger partial charge in [0.25, 0.3) is 0 Å². The summed E-state index contributed by atoms with van der Waals surface area (Å²) in [6.07, 6.45) is 3.09. The molecule has 0 radical (unpaired) electrons. The van der Waals surface area contributed by atoms with Crippen LogP contribution in [0.15, 0.2) is 47.1 Å². The number of rotatable bonds is 4. The molecule has 0 N–H and O–H groups in total. The van der Waals surface area contributed by atoms with Gasteiger partial charge in [0.15, 0.2) is 0 Å². The van der Waals surface area contributed by atoms with Gasteiger partial charge in [0.2, 0.25) is 5.52 Å². The van der Waals surface area contributed by atoms with Gasteiger partial charge in [-0.1, -0.05) is 30.3 Å². The summed E-state index contributed by atoms with van der Waals surface area (Å²) >= 11 is 0. The number of nitro benzene ring substituents is 1. The molecule has 4 rings (SSSR count). The average molecular weight is 338 g/mol. The number of hydrogen-bond donors (Lipinski definition) is 0. The van der Waals surface area contributed by atoms with Gasteiger partial charge in [-0.05, 0) is 53.2 Å². The Labute approximate surface area is 144 Å². The highest BCUT2D eigenvalue weighted by molar-refractivity contribution is 5.91. The second-order valence-electron chi connectivity index (χ2n) is 6.44. The van der Waals surface area contributed by atoms with Crippen LogP contribution in [0, 0.1) is 16.0 Å². The van der Waals surface area contributed by atoms with Crippen molar-refractivity contribution in [3.8, 4) is 0 Å². The Balaban J connectivity index is 1.52. The Morgan fingerprint density at radius 3 is 2.60 bits per heavy atom. The van der Waals surface area contributed by atoms with Crippen LogP contribution in [0.5, 0.6) is 0 Å². The molecule has 1 saturated heterocycles. The maximum absolute atomic E-state index is 11.6. The Hall–Kier alpha value is -2.96. The van der Waals surface area contributed by atoms with Crippen molar-refractivity contribution in [2.45, 2.75) is 19.3 Å². The molecule has 0 saturated carbocycles. The Kier molecular flexibility index (Phi) is 4.05. The minimum absolute atomic E-state index is 0.0136. The molecule has 3 aromatic rings. The molecule has 1 aliphatic rings. The van der Waals surface area contributed by atoms with Crippen LogP contribution in [0.2, 0.25) is 0 Å². The molecule has 1 fully saturated rings. The molecule has 25 heavy (non-hydrogen) atoms. The molecule has 7 nitrogen and oxygen atoms in total. The molecule has 2 heterocycles. The van der Waals surface area contributed by atoms with Crippen molar-refractivity contribution in [1.29, 1.82) is 0 Å². The van der Waals surface area contributed by atoms with Gasteiger partial charge in [-0.3, -0.25) is 10.1 Å². The quantitative estimate of drug-likeness (QED) is 0.534. The third-order valence-corrected chi connectivity index (χ3v) is 4.88. The summed E-state index contributed by atoms with van der Waals surface area (Å²) in [5, 5.41) is 19.0. The second-order valence-corrected chi connectivity index (χ2v) is 6.44. The molecule has 0 spiro atoms. The number of fused-ring (bicyclic) bond motifs is 1. The highest BCUT2D eigenvalue weighted by atomic mass is 16.6. The van der Waals surface area contributed by atoms with Crippen LogP contribution < -0.4 is 4.90 Å². The van der Waals surface area contributed by atoms with E-state index in [1.807, 2.05) is 6.07 Å². The molecule has 0 unspecified atom stereocenters. The number of piperidine rings is 1. The van der Waals surface area contributed by atoms with E-state index < -0.39 is 4.92 Å². The number of aromatic nitrogens is 2. The highest BCUT2D eigenvalue weighted by Gasteiger charge is 2.28. The number of benzene rings is 2. The first-order valence-electron chi connectivity index (χ1n) is 8.41. The van der Waals surface area contributed by atoms with Crippen LogP contribution in [0.1, 0.15) is 18.4 Å². The lowest BCUT2D eigenvalue weighted by Gasteiger charge is -2.33. The molecular weight excluding hydrogens is 320 g/mol. The van der Waals surface area contributed by atoms with Crippen molar-refractivity contribution in [2.75, 3.05) is 18.0 Å². The largest absolute Gasteiger partial charge is 0.366 e. The van der Waals surface area contributed by atoms with Gasteiger partial charge in [0.05, 0.1) is 4.92 Å². The van der Waals surface area contributed by atoms with Gasteiger partial charge in [-0.15, -0.1) is 0 Å². The molecule has 1 aliphatic heterocycles. The number of anilines is 1. The van der Waals surface area contributed by atoms with Crippen molar-refractivity contribution in [3.05, 3.63) is 58.1 Å². The summed E-state index contributed by atoms with van der Waals surface area (Å²) in [4.78, 5) is 13.2. The molecule has 0 atom stereocenters. The predicted molar refractivity (Wildman–Crippen MR) is 93.5 cm³/mol. The van der Waals surface area contributed by atoms with Gasteiger partial charge < -0.3 is 4.90 Å². The van der Waals surface area contributed by atoms with Gasteiger partial charge in [-0.2, -0.15) is 0 Å². The van der Waals surface area contributed by atoms with Crippen LogP contribution in [0.3, 0.4) is 0 Å². The van der Waals surface area contributed by atoms with E-state index in [2.05, 4.69) is 44.1 Å². The van der Waals surface area contributed by atoms with E-state index in [0.717, 1.165) is 32.4 Å². The van der Waals surface area contributed by atoms with E-state index in [9.17, 15) is 10.1 Å². The number of hydrogen-bond acceptors (Lipinski definition) is 6. The van der Waals surface area contributed by atoms with Crippen molar-refractivity contribution < 1.29 is 9.55 Å². The molecule has 1 aromatic heterocycles. The number of nitro groups is 1. The zero-order valence-electron chi connectivity index (χ0n) is 13.7. The van der Waals surface area contributed by atoms with E-state index in [4.69, 9.17) is 0 Å². The third-order valence-electron chi connectivity index (χ3n) is 4.88. The lowest BCUT2D eigenvalue weighted by Crippen LogP contribution is -2.34. The Morgan fingerprint density at radius 1 is 1.12 bits per heavy atom. The molecule has 2 aromatic carbocycles. The van der Waals surface area contributed by atoms with Gasteiger partial charge in [-0.25, -0.2) is 4.63 Å². The van der Waals surface area contributed by atoms with E-state index in [-0.39, 0.29) is 11.2 Å². The Morgan fingerprint density at radius 2 is 1.88 bits per heavy atom. The average Bonchev–Trinajstić information content (AvgIpc) is 3.11. The fourth-order valence-corrected chi connectivity index (χ4v) is 3.59. The fourth-order valence-electron chi connectivity index (χ4n) is 3.59. The van der Waals surface area contributed by atoms with Crippen molar-refractivity contribution in [1.82, 2.24) is 10.3 Å². The van der Waals surface area contributed by atoms with Crippen molar-refractivity contribution in [2.24, 2.45) is 5.92 Å². The van der Waals surface area contributed by atoms with Crippen LogP contribution in [0.25, 0.3) is 11.0 Å². The summed E-state index contributed by atoms with van der Waals surface area (Å²) < 4.78 is 4.66. The monoisotopic (exact) mass is 338 g/mol. The van der Waals surface area contributed by atoms with Crippen LogP contribution in [0.4, 0.5) is 11.4 Å². The summed E-state index contributed by atoms with van der Waals surface area (Å²) in [6, 6.07) is 13.9. The van der Waals surface area contributed by atoms with Crippen LogP contribution in [-0.4, -0.2) is 28.3 Å². The first-order chi connectivity index (χ1) is 12.2. The topological polar surface area (TPSA) is 85.3 Å². The number of nitrogens with zero attached hydrogens (tertiary/aromatic N) is 4. The normalized spacial score (nSPS) is 15.6. The fraction of sp³-hybridized carbons (Fsp3) is 0.333. The second kappa shape index (κ2) is 6.51. The van der Waals surface area contributed by atoms with E-state index in [1.165, 1.54) is 5.56 Å². The first kappa shape index (κ1) is 15.6. The predicted octanol–water partition coefficient (Wildman–Crippen LogP) is 3.59. The van der Waals surface area contributed by atoms with Crippen molar-refractivity contribution in [3.63, 3.8) is 0 Å². The summed E-state index contributed by atoms with van der Waals surface area (Å²) in [5.41, 5.74) is 2.57. The first-order valence-corrected chi connectivity index (χ1v) is 8.41. The SMILES string of the molecule is O=[N+]([O-])c1c(N2CCC(Cc3ccccc3)CC2)ccc2nonc12. The zero-order chi connectivity index (χ0) is 17.2. The summed E-state index contributed by atoms with van der Waals surface area (Å²) in [5.74, 6) is 0.607. The standard InChI is InChI=1S/C18H18N4O3/c23-22(24)18-16(7-6-15-17(18)20-25-19-15)21-10-8-14(9-11-21)12-13-4-2-1-3-5-13/h1-7,14H,8-12H2. The molecule has 0 bridgehead atoms. The smallest absolute Gasteiger partial charge is 0.323 e. The van der Waals surface area contributed by atoms with Gasteiger partial charge >= 0.3 is 5.69 Å². The maximum Gasteiger partial charge on any atom is 0.323 e. The summed E-state index contributed by atoms with van der Waals surface area (Å²) in [7, 11) is 0. The molecule has 0 amide bonds. The van der Waals surface area contributed by atoms with E-state index in [0.29, 0.717) is 17.1 Å². The molecule has 128 valence electrons. The lowest BCUT2D eigenvalue weighted by molar-refractivity contribution is -0.382. The summed E-state index contributed by atoms with van der Waals surface area (Å²) in [6.45, 7) is 1.60.